The molecule has 2 rings (SSSR count). The van der Waals surface area contributed by atoms with Crippen molar-refractivity contribution in [1.82, 2.24) is 10.2 Å². The SMILES string of the molecule is COc1ccc(C2CN(C)CCN2)cc1Cl. The minimum atomic E-state index is 0.363. The third-order valence-corrected chi connectivity index (χ3v) is 3.25. The number of likely N-dealkylation sites (N-methyl/N-ethyl adjacent to an activating group) is 1. The van der Waals surface area contributed by atoms with Crippen LogP contribution in [0, 0.1) is 0 Å². The smallest absolute Gasteiger partial charge is 0.137 e. The maximum Gasteiger partial charge on any atom is 0.137 e. The zero-order chi connectivity index (χ0) is 11.5. The van der Waals surface area contributed by atoms with Gasteiger partial charge >= 0.3 is 0 Å². The van der Waals surface area contributed by atoms with Gasteiger partial charge in [0.1, 0.15) is 5.75 Å². The van der Waals surface area contributed by atoms with Gasteiger partial charge in [-0.3, -0.25) is 0 Å². The van der Waals surface area contributed by atoms with E-state index in [1.807, 2.05) is 12.1 Å². The number of hydrogen-bond donors (Lipinski definition) is 1. The number of nitrogens with zero attached hydrogens (tertiary/aromatic N) is 1. The Balaban J connectivity index is 2.17. The van der Waals surface area contributed by atoms with Crippen LogP contribution in [0.15, 0.2) is 18.2 Å². The molecule has 1 aliphatic rings. The van der Waals surface area contributed by atoms with Crippen molar-refractivity contribution in [1.29, 1.82) is 0 Å². The van der Waals surface area contributed by atoms with Gasteiger partial charge in [0.05, 0.1) is 12.1 Å². The summed E-state index contributed by atoms with van der Waals surface area (Å²) in [7, 11) is 3.77. The number of benzene rings is 1. The van der Waals surface area contributed by atoms with E-state index in [1.165, 1.54) is 5.56 Å². The number of ether oxygens (including phenoxy) is 1. The van der Waals surface area contributed by atoms with E-state index < -0.39 is 0 Å². The van der Waals surface area contributed by atoms with E-state index in [0.29, 0.717) is 11.1 Å². The van der Waals surface area contributed by atoms with Gasteiger partial charge in [-0.1, -0.05) is 17.7 Å². The second-order valence-electron chi connectivity index (χ2n) is 4.16. The second kappa shape index (κ2) is 5.04. The van der Waals surface area contributed by atoms with E-state index in [0.717, 1.165) is 25.4 Å². The summed E-state index contributed by atoms with van der Waals surface area (Å²) in [5.74, 6) is 0.731. The molecule has 88 valence electrons. The van der Waals surface area contributed by atoms with Crippen LogP contribution in [0.1, 0.15) is 11.6 Å². The van der Waals surface area contributed by atoms with Crippen LogP contribution in [0.5, 0.6) is 5.75 Å². The molecule has 1 unspecified atom stereocenters. The predicted molar refractivity (Wildman–Crippen MR) is 66.2 cm³/mol. The van der Waals surface area contributed by atoms with Gasteiger partial charge < -0.3 is 15.0 Å². The highest BCUT2D eigenvalue weighted by Crippen LogP contribution is 2.28. The summed E-state index contributed by atoms with van der Waals surface area (Å²) in [4.78, 5) is 2.32. The average Bonchev–Trinajstić information content (AvgIpc) is 2.29. The Morgan fingerprint density at radius 2 is 2.31 bits per heavy atom. The summed E-state index contributed by atoms with van der Waals surface area (Å²) in [5, 5.41) is 4.17. The minimum absolute atomic E-state index is 0.363. The molecule has 1 aliphatic heterocycles. The quantitative estimate of drug-likeness (QED) is 0.855. The van der Waals surface area contributed by atoms with Gasteiger partial charge in [-0.2, -0.15) is 0 Å². The van der Waals surface area contributed by atoms with Crippen LogP contribution in [-0.4, -0.2) is 38.7 Å². The highest BCUT2D eigenvalue weighted by atomic mass is 35.5. The Bertz CT molecular complexity index is 370. The second-order valence-corrected chi connectivity index (χ2v) is 4.57. The third-order valence-electron chi connectivity index (χ3n) is 2.96. The van der Waals surface area contributed by atoms with Crippen LogP contribution in [0.3, 0.4) is 0 Å². The van der Waals surface area contributed by atoms with Crippen LogP contribution < -0.4 is 10.1 Å². The van der Waals surface area contributed by atoms with Crippen molar-refractivity contribution in [2.75, 3.05) is 33.8 Å². The zero-order valence-electron chi connectivity index (χ0n) is 9.66. The molecular weight excluding hydrogens is 224 g/mol. The Kier molecular flexibility index (Phi) is 3.69. The zero-order valence-corrected chi connectivity index (χ0v) is 10.4. The lowest BCUT2D eigenvalue weighted by Crippen LogP contribution is -2.43. The fourth-order valence-corrected chi connectivity index (χ4v) is 2.29. The normalized spacial score (nSPS) is 22.1. The lowest BCUT2D eigenvalue weighted by atomic mass is 10.0. The maximum absolute atomic E-state index is 6.12. The van der Waals surface area contributed by atoms with E-state index in [2.05, 4.69) is 23.3 Å². The van der Waals surface area contributed by atoms with Crippen molar-refractivity contribution in [2.45, 2.75) is 6.04 Å². The molecule has 0 saturated carbocycles. The molecule has 0 radical (unpaired) electrons. The predicted octanol–water partition coefficient (Wildman–Crippen LogP) is 1.92. The summed E-state index contributed by atoms with van der Waals surface area (Å²) < 4.78 is 5.15. The third kappa shape index (κ3) is 2.48. The van der Waals surface area contributed by atoms with Gasteiger partial charge in [0, 0.05) is 25.7 Å². The topological polar surface area (TPSA) is 24.5 Å². The Labute approximate surface area is 101 Å². The molecule has 1 atom stereocenters. The molecule has 0 bridgehead atoms. The summed E-state index contributed by atoms with van der Waals surface area (Å²) in [5.41, 5.74) is 1.22. The van der Waals surface area contributed by atoms with Gasteiger partial charge in [-0.25, -0.2) is 0 Å². The van der Waals surface area contributed by atoms with Crippen molar-refractivity contribution in [3.8, 4) is 5.75 Å². The van der Waals surface area contributed by atoms with Crippen molar-refractivity contribution in [3.63, 3.8) is 0 Å². The molecule has 4 heteroatoms. The molecule has 3 nitrogen and oxygen atoms in total. The molecule has 1 N–H and O–H groups in total. The maximum atomic E-state index is 6.12. The van der Waals surface area contributed by atoms with Crippen molar-refractivity contribution in [3.05, 3.63) is 28.8 Å². The van der Waals surface area contributed by atoms with Crippen LogP contribution in [0.4, 0.5) is 0 Å². The fraction of sp³-hybridized carbons (Fsp3) is 0.500. The van der Waals surface area contributed by atoms with Crippen molar-refractivity contribution < 1.29 is 4.74 Å². The fourth-order valence-electron chi connectivity index (χ4n) is 2.02. The van der Waals surface area contributed by atoms with Crippen LogP contribution >= 0.6 is 11.6 Å². The molecular formula is C12H17ClN2O. The molecule has 0 aromatic heterocycles. The molecule has 0 spiro atoms. The first kappa shape index (κ1) is 11.7. The number of nitrogens with one attached hydrogen (secondary N) is 1. The first-order chi connectivity index (χ1) is 7.70. The van der Waals surface area contributed by atoms with Crippen LogP contribution in [-0.2, 0) is 0 Å². The molecule has 1 aromatic rings. The van der Waals surface area contributed by atoms with Gasteiger partial charge in [0.2, 0.25) is 0 Å². The van der Waals surface area contributed by atoms with E-state index in [9.17, 15) is 0 Å². The molecule has 1 heterocycles. The van der Waals surface area contributed by atoms with Crippen LogP contribution in [0.25, 0.3) is 0 Å². The summed E-state index contributed by atoms with van der Waals surface area (Å²) in [6.07, 6.45) is 0. The molecule has 1 aromatic carbocycles. The van der Waals surface area contributed by atoms with Gasteiger partial charge in [-0.05, 0) is 24.7 Å². The van der Waals surface area contributed by atoms with Gasteiger partial charge in [0.15, 0.2) is 0 Å². The van der Waals surface area contributed by atoms with Crippen LogP contribution in [0.2, 0.25) is 5.02 Å². The lowest BCUT2D eigenvalue weighted by Gasteiger charge is -2.31. The van der Waals surface area contributed by atoms with Gasteiger partial charge in [-0.15, -0.1) is 0 Å². The van der Waals surface area contributed by atoms with E-state index in [1.54, 1.807) is 7.11 Å². The molecule has 0 amide bonds. The summed E-state index contributed by atoms with van der Waals surface area (Å²) >= 11 is 6.12. The number of piperazine rings is 1. The lowest BCUT2D eigenvalue weighted by molar-refractivity contribution is 0.241. The molecule has 0 aliphatic carbocycles. The first-order valence-electron chi connectivity index (χ1n) is 5.46. The number of halogens is 1. The first-order valence-corrected chi connectivity index (χ1v) is 5.84. The van der Waals surface area contributed by atoms with E-state index in [4.69, 9.17) is 16.3 Å². The van der Waals surface area contributed by atoms with E-state index in [-0.39, 0.29) is 0 Å². The standard InChI is InChI=1S/C12H17ClN2O/c1-15-6-5-14-11(8-15)9-3-4-12(16-2)10(13)7-9/h3-4,7,11,14H,5-6,8H2,1-2H3. The molecule has 16 heavy (non-hydrogen) atoms. The average molecular weight is 241 g/mol. The van der Waals surface area contributed by atoms with Crippen molar-refractivity contribution >= 4 is 11.6 Å². The van der Waals surface area contributed by atoms with E-state index >= 15 is 0 Å². The number of rotatable bonds is 2. The molecule has 1 fully saturated rings. The van der Waals surface area contributed by atoms with Crippen molar-refractivity contribution in [2.24, 2.45) is 0 Å². The summed E-state index contributed by atoms with van der Waals surface area (Å²) in [6.45, 7) is 3.13. The highest BCUT2D eigenvalue weighted by Gasteiger charge is 2.18. The number of hydrogen-bond acceptors (Lipinski definition) is 3. The highest BCUT2D eigenvalue weighted by molar-refractivity contribution is 6.32. The minimum Gasteiger partial charge on any atom is -0.495 e. The Morgan fingerprint density at radius 3 is 2.94 bits per heavy atom. The Hall–Kier alpha value is -0.770. The van der Waals surface area contributed by atoms with Gasteiger partial charge in [0.25, 0.3) is 0 Å². The largest absolute Gasteiger partial charge is 0.495 e. The number of methoxy groups -OCH3 is 1. The monoisotopic (exact) mass is 240 g/mol. The molecule has 1 saturated heterocycles. The summed E-state index contributed by atoms with van der Waals surface area (Å²) in [6, 6.07) is 6.34. The Morgan fingerprint density at radius 1 is 1.50 bits per heavy atom.